The zero-order chi connectivity index (χ0) is 15.5. The SMILES string of the molecule is Cc1ncc(S(=O)(=O)NC2(C(N)=S)CCCCCCC2)s1. The molecule has 0 amide bonds. The lowest BCUT2D eigenvalue weighted by atomic mass is 9.85. The number of nitrogens with two attached hydrogens (primary N) is 1. The van der Waals surface area contributed by atoms with Crippen molar-refractivity contribution in [2.24, 2.45) is 5.73 Å². The summed E-state index contributed by atoms with van der Waals surface area (Å²) < 4.78 is 28.1. The summed E-state index contributed by atoms with van der Waals surface area (Å²) in [5, 5.41) is 0.720. The summed E-state index contributed by atoms with van der Waals surface area (Å²) >= 11 is 6.35. The van der Waals surface area contributed by atoms with Gasteiger partial charge in [-0.25, -0.2) is 13.4 Å². The molecule has 0 spiro atoms. The van der Waals surface area contributed by atoms with Crippen molar-refractivity contribution in [3.05, 3.63) is 11.2 Å². The molecule has 3 N–H and O–H groups in total. The number of thiazole rings is 1. The molecule has 1 aromatic rings. The number of aryl methyl sites for hydroxylation is 1. The van der Waals surface area contributed by atoms with Crippen molar-refractivity contribution in [3.63, 3.8) is 0 Å². The van der Waals surface area contributed by atoms with E-state index < -0.39 is 15.6 Å². The van der Waals surface area contributed by atoms with Gasteiger partial charge in [0, 0.05) is 0 Å². The molecule has 8 heteroatoms. The Bertz CT molecular complexity index is 602. The van der Waals surface area contributed by atoms with Crippen molar-refractivity contribution in [2.75, 3.05) is 0 Å². The van der Waals surface area contributed by atoms with Gasteiger partial charge in [0.05, 0.1) is 21.7 Å². The molecule has 0 saturated heterocycles. The molecule has 1 aliphatic carbocycles. The van der Waals surface area contributed by atoms with Crippen molar-refractivity contribution in [1.82, 2.24) is 9.71 Å². The Balaban J connectivity index is 2.28. The molecule has 21 heavy (non-hydrogen) atoms. The average molecular weight is 348 g/mol. The largest absolute Gasteiger partial charge is 0.392 e. The minimum absolute atomic E-state index is 0.220. The number of hydrogen-bond acceptors (Lipinski definition) is 5. The van der Waals surface area contributed by atoms with E-state index in [0.717, 1.165) is 42.0 Å². The Morgan fingerprint density at radius 3 is 2.38 bits per heavy atom. The standard InChI is InChI=1S/C13H21N3O2S3/c1-10-15-9-11(20-10)21(17,18)16-13(12(14)19)7-5-3-2-4-6-8-13/h9,16H,2-8H2,1H3,(H2,14,19). The van der Waals surface area contributed by atoms with Crippen LogP contribution in [0.25, 0.3) is 0 Å². The van der Waals surface area contributed by atoms with Crippen LogP contribution in [0.4, 0.5) is 0 Å². The van der Waals surface area contributed by atoms with E-state index >= 15 is 0 Å². The molecule has 5 nitrogen and oxygen atoms in total. The maximum Gasteiger partial charge on any atom is 0.252 e. The van der Waals surface area contributed by atoms with Crippen LogP contribution >= 0.6 is 23.6 Å². The summed E-state index contributed by atoms with van der Waals surface area (Å²) in [5.74, 6) is 0. The van der Waals surface area contributed by atoms with Crippen LogP contribution < -0.4 is 10.5 Å². The van der Waals surface area contributed by atoms with Crippen LogP contribution in [0, 0.1) is 6.92 Å². The smallest absolute Gasteiger partial charge is 0.252 e. The van der Waals surface area contributed by atoms with Gasteiger partial charge in [0.1, 0.15) is 0 Å². The van der Waals surface area contributed by atoms with Crippen LogP contribution in [0.2, 0.25) is 0 Å². The summed E-state index contributed by atoms with van der Waals surface area (Å²) in [4.78, 5) is 4.26. The number of rotatable bonds is 4. The highest BCUT2D eigenvalue weighted by Crippen LogP contribution is 2.29. The Hall–Kier alpha value is -0.570. The lowest BCUT2D eigenvalue weighted by Crippen LogP contribution is -2.56. The van der Waals surface area contributed by atoms with E-state index in [1.165, 1.54) is 12.6 Å². The van der Waals surface area contributed by atoms with Gasteiger partial charge >= 0.3 is 0 Å². The predicted octanol–water partition coefficient (Wildman–Crippen LogP) is 2.50. The Labute approximate surface area is 135 Å². The van der Waals surface area contributed by atoms with Crippen LogP contribution in [0.5, 0.6) is 0 Å². The van der Waals surface area contributed by atoms with Gasteiger partial charge in [0.2, 0.25) is 0 Å². The molecule has 0 aromatic carbocycles. The Morgan fingerprint density at radius 1 is 1.33 bits per heavy atom. The summed E-state index contributed by atoms with van der Waals surface area (Å²) in [7, 11) is -3.63. The second-order valence-electron chi connectivity index (χ2n) is 5.52. The fourth-order valence-electron chi connectivity index (χ4n) is 2.68. The third-order valence-electron chi connectivity index (χ3n) is 3.87. The normalized spacial score (nSPS) is 19.7. The molecule has 0 atom stereocenters. The van der Waals surface area contributed by atoms with E-state index in [-0.39, 0.29) is 9.20 Å². The zero-order valence-corrected chi connectivity index (χ0v) is 14.5. The van der Waals surface area contributed by atoms with Gasteiger partial charge in [-0.2, -0.15) is 4.72 Å². The molecule has 0 radical (unpaired) electrons. The van der Waals surface area contributed by atoms with Gasteiger partial charge in [-0.05, 0) is 19.8 Å². The Kier molecular flexibility index (Phi) is 5.34. The minimum atomic E-state index is -3.63. The van der Waals surface area contributed by atoms with E-state index in [1.807, 2.05) is 0 Å². The molecular formula is C13H21N3O2S3. The number of aromatic nitrogens is 1. The van der Waals surface area contributed by atoms with Crippen LogP contribution in [-0.2, 0) is 10.0 Å². The first-order chi connectivity index (χ1) is 9.86. The van der Waals surface area contributed by atoms with Gasteiger partial charge in [0.15, 0.2) is 4.21 Å². The monoisotopic (exact) mass is 347 g/mol. The van der Waals surface area contributed by atoms with Crippen LogP contribution in [0.15, 0.2) is 10.4 Å². The average Bonchev–Trinajstić information content (AvgIpc) is 2.80. The third kappa shape index (κ3) is 4.00. The van der Waals surface area contributed by atoms with Crippen molar-refractivity contribution < 1.29 is 8.42 Å². The zero-order valence-electron chi connectivity index (χ0n) is 12.1. The molecule has 1 heterocycles. The lowest BCUT2D eigenvalue weighted by Gasteiger charge is -2.34. The van der Waals surface area contributed by atoms with Gasteiger partial charge in [-0.15, -0.1) is 11.3 Å². The number of nitrogens with zero attached hydrogens (tertiary/aromatic N) is 1. The number of hydrogen-bond donors (Lipinski definition) is 2. The van der Waals surface area contributed by atoms with E-state index in [2.05, 4.69) is 9.71 Å². The minimum Gasteiger partial charge on any atom is -0.392 e. The lowest BCUT2D eigenvalue weighted by molar-refractivity contribution is 0.372. The molecule has 1 aliphatic rings. The first kappa shape index (κ1) is 16.8. The van der Waals surface area contributed by atoms with E-state index in [4.69, 9.17) is 18.0 Å². The molecule has 0 aliphatic heterocycles. The van der Waals surface area contributed by atoms with Gasteiger partial charge in [-0.1, -0.05) is 44.3 Å². The number of nitrogens with one attached hydrogen (secondary N) is 1. The molecule has 1 aromatic heterocycles. The maximum atomic E-state index is 12.6. The van der Waals surface area contributed by atoms with Crippen LogP contribution in [0.1, 0.15) is 50.0 Å². The van der Waals surface area contributed by atoms with Crippen LogP contribution in [-0.4, -0.2) is 23.9 Å². The number of thiocarbonyl (C=S) groups is 1. The fourth-order valence-corrected chi connectivity index (χ4v) is 5.55. The molecule has 0 unspecified atom stereocenters. The predicted molar refractivity (Wildman–Crippen MR) is 89.0 cm³/mol. The van der Waals surface area contributed by atoms with Crippen LogP contribution in [0.3, 0.4) is 0 Å². The van der Waals surface area contributed by atoms with E-state index in [1.54, 1.807) is 6.92 Å². The molecular weight excluding hydrogens is 326 g/mol. The summed E-state index contributed by atoms with van der Waals surface area (Å²) in [6, 6.07) is 0. The Morgan fingerprint density at radius 2 is 1.90 bits per heavy atom. The van der Waals surface area contributed by atoms with Gasteiger partial charge < -0.3 is 5.73 Å². The topological polar surface area (TPSA) is 85.1 Å². The number of sulfonamides is 1. The molecule has 1 saturated carbocycles. The van der Waals surface area contributed by atoms with Crippen molar-refractivity contribution >= 4 is 38.6 Å². The van der Waals surface area contributed by atoms with E-state index in [0.29, 0.717) is 12.8 Å². The van der Waals surface area contributed by atoms with Crippen molar-refractivity contribution in [1.29, 1.82) is 0 Å². The summed E-state index contributed by atoms with van der Waals surface area (Å²) in [6.07, 6.45) is 7.95. The van der Waals surface area contributed by atoms with Gasteiger partial charge in [0.25, 0.3) is 10.0 Å². The highest BCUT2D eigenvalue weighted by Gasteiger charge is 2.38. The first-order valence-corrected chi connectivity index (χ1v) is 9.83. The first-order valence-electron chi connectivity index (χ1n) is 7.12. The quantitative estimate of drug-likeness (QED) is 0.818. The van der Waals surface area contributed by atoms with E-state index in [9.17, 15) is 8.42 Å². The highest BCUT2D eigenvalue weighted by atomic mass is 32.2. The van der Waals surface area contributed by atoms with Crippen molar-refractivity contribution in [3.8, 4) is 0 Å². The fraction of sp³-hybridized carbons (Fsp3) is 0.692. The second kappa shape index (κ2) is 6.68. The highest BCUT2D eigenvalue weighted by molar-refractivity contribution is 7.91. The van der Waals surface area contributed by atoms with Gasteiger partial charge in [-0.3, -0.25) is 0 Å². The summed E-state index contributed by atoms with van der Waals surface area (Å²) in [5.41, 5.74) is 5.11. The van der Waals surface area contributed by atoms with Crippen molar-refractivity contribution in [2.45, 2.75) is 61.6 Å². The summed E-state index contributed by atoms with van der Waals surface area (Å²) in [6.45, 7) is 1.78. The molecule has 0 bridgehead atoms. The maximum absolute atomic E-state index is 12.6. The molecule has 118 valence electrons. The molecule has 1 fully saturated rings. The second-order valence-corrected chi connectivity index (χ2v) is 9.10. The third-order valence-corrected chi connectivity index (χ3v) is 7.17. The molecule has 2 rings (SSSR count).